The van der Waals surface area contributed by atoms with Crippen molar-refractivity contribution in [3.05, 3.63) is 28.5 Å². The van der Waals surface area contributed by atoms with Crippen LogP contribution in [0.15, 0.2) is 12.1 Å². The maximum absolute atomic E-state index is 10.3. The minimum Gasteiger partial charge on any atom is -0.481 e. The monoisotopic (exact) mass is 215 g/mol. The third-order valence-electron chi connectivity index (χ3n) is 1.74. The number of aryl methyl sites for hydroxylation is 1. The first-order chi connectivity index (χ1) is 6.50. The zero-order valence-electron chi connectivity index (χ0n) is 7.57. The lowest BCUT2D eigenvalue weighted by Gasteiger charge is -2.09. The topological polar surface area (TPSA) is 70.4 Å². The molecular weight excluding hydrogens is 206 g/mol. The summed E-state index contributed by atoms with van der Waals surface area (Å²) in [6.07, 6.45) is -1.47. The van der Waals surface area contributed by atoms with Crippen LogP contribution in [0.25, 0.3) is 0 Å². The molecule has 76 valence electrons. The maximum atomic E-state index is 10.3. The molecule has 0 aliphatic heterocycles. The van der Waals surface area contributed by atoms with E-state index in [0.29, 0.717) is 5.56 Å². The lowest BCUT2D eigenvalue weighted by atomic mass is 10.1. The average molecular weight is 216 g/mol. The smallest absolute Gasteiger partial charge is 0.306 e. The highest BCUT2D eigenvalue weighted by Gasteiger charge is 2.15. The minimum absolute atomic E-state index is 0.152. The lowest BCUT2D eigenvalue weighted by Crippen LogP contribution is -2.06. The van der Waals surface area contributed by atoms with Gasteiger partial charge < -0.3 is 10.2 Å². The molecule has 1 heterocycles. The molecule has 14 heavy (non-hydrogen) atoms. The van der Waals surface area contributed by atoms with Crippen LogP contribution in [0.2, 0.25) is 5.15 Å². The second-order valence-corrected chi connectivity index (χ2v) is 3.30. The van der Waals surface area contributed by atoms with E-state index in [9.17, 15) is 9.90 Å². The van der Waals surface area contributed by atoms with Crippen molar-refractivity contribution in [2.45, 2.75) is 19.4 Å². The first kappa shape index (κ1) is 10.9. The van der Waals surface area contributed by atoms with Crippen molar-refractivity contribution in [3.8, 4) is 0 Å². The highest BCUT2D eigenvalue weighted by atomic mass is 35.5. The Kier molecular flexibility index (Phi) is 3.43. The molecule has 0 aliphatic rings. The zero-order valence-corrected chi connectivity index (χ0v) is 8.32. The number of pyridine rings is 1. The Morgan fingerprint density at radius 3 is 2.79 bits per heavy atom. The van der Waals surface area contributed by atoms with Crippen LogP contribution in [0.4, 0.5) is 0 Å². The number of hydrogen-bond acceptors (Lipinski definition) is 3. The second-order valence-electron chi connectivity index (χ2n) is 2.95. The molecule has 0 bridgehead atoms. The van der Waals surface area contributed by atoms with Gasteiger partial charge in [-0.25, -0.2) is 4.98 Å². The van der Waals surface area contributed by atoms with Gasteiger partial charge in [-0.05, 0) is 13.0 Å². The molecule has 0 fully saturated rings. The Hall–Kier alpha value is -1.13. The molecule has 1 aromatic heterocycles. The Morgan fingerprint density at radius 1 is 1.64 bits per heavy atom. The van der Waals surface area contributed by atoms with Gasteiger partial charge in [0.1, 0.15) is 5.15 Å². The first-order valence-corrected chi connectivity index (χ1v) is 4.41. The van der Waals surface area contributed by atoms with Gasteiger partial charge in [-0.1, -0.05) is 17.7 Å². The predicted molar refractivity (Wildman–Crippen MR) is 51.2 cm³/mol. The normalized spacial score (nSPS) is 12.5. The van der Waals surface area contributed by atoms with Crippen LogP contribution >= 0.6 is 11.6 Å². The van der Waals surface area contributed by atoms with Crippen molar-refractivity contribution in [3.63, 3.8) is 0 Å². The van der Waals surface area contributed by atoms with Crippen LogP contribution in [0.1, 0.15) is 23.8 Å². The van der Waals surface area contributed by atoms with Crippen molar-refractivity contribution >= 4 is 17.6 Å². The minimum atomic E-state index is -1.10. The van der Waals surface area contributed by atoms with Gasteiger partial charge in [0, 0.05) is 11.3 Å². The van der Waals surface area contributed by atoms with E-state index < -0.39 is 12.1 Å². The third-order valence-corrected chi connectivity index (χ3v) is 2.05. The van der Waals surface area contributed by atoms with Crippen LogP contribution in [-0.4, -0.2) is 21.2 Å². The molecular formula is C9H10ClNO3. The summed E-state index contributed by atoms with van der Waals surface area (Å²) in [5, 5.41) is 18.1. The molecule has 0 saturated carbocycles. The summed E-state index contributed by atoms with van der Waals surface area (Å²) < 4.78 is 0. The lowest BCUT2D eigenvalue weighted by molar-refractivity contribution is -0.139. The summed E-state index contributed by atoms with van der Waals surface area (Å²) in [6.45, 7) is 1.76. The molecule has 1 aromatic rings. The van der Waals surface area contributed by atoms with Crippen molar-refractivity contribution < 1.29 is 15.0 Å². The highest BCUT2D eigenvalue weighted by Crippen LogP contribution is 2.23. The van der Waals surface area contributed by atoms with E-state index in [2.05, 4.69) is 4.98 Å². The van der Waals surface area contributed by atoms with Gasteiger partial charge >= 0.3 is 5.97 Å². The number of aliphatic hydroxyl groups excluding tert-OH is 1. The maximum Gasteiger partial charge on any atom is 0.306 e. The summed E-state index contributed by atoms with van der Waals surface area (Å²) >= 11 is 5.74. The number of hydrogen-bond donors (Lipinski definition) is 2. The number of carboxylic acid groups (broad SMARTS) is 1. The standard InChI is InChI=1S/C9H10ClNO3/c1-5-2-3-6(9(10)11-5)7(12)4-8(13)14/h2-3,7,12H,4H2,1H3,(H,13,14)/t7-/m0/s1. The van der Waals surface area contributed by atoms with Crippen molar-refractivity contribution in [1.82, 2.24) is 4.98 Å². The van der Waals surface area contributed by atoms with E-state index in [1.807, 2.05) is 0 Å². The quantitative estimate of drug-likeness (QED) is 0.751. The second kappa shape index (κ2) is 4.39. The fourth-order valence-corrected chi connectivity index (χ4v) is 1.38. The summed E-state index contributed by atoms with van der Waals surface area (Å²) in [6, 6.07) is 3.25. The van der Waals surface area contributed by atoms with E-state index in [-0.39, 0.29) is 11.6 Å². The van der Waals surface area contributed by atoms with E-state index >= 15 is 0 Å². The molecule has 0 saturated heterocycles. The van der Waals surface area contributed by atoms with E-state index in [1.54, 1.807) is 19.1 Å². The average Bonchev–Trinajstić information content (AvgIpc) is 2.01. The number of aliphatic hydroxyl groups is 1. The number of aromatic nitrogens is 1. The molecule has 0 radical (unpaired) electrons. The van der Waals surface area contributed by atoms with Crippen LogP contribution in [0, 0.1) is 6.92 Å². The van der Waals surface area contributed by atoms with Gasteiger partial charge in [-0.2, -0.15) is 0 Å². The number of nitrogens with zero attached hydrogens (tertiary/aromatic N) is 1. The number of carboxylic acids is 1. The summed E-state index contributed by atoms with van der Waals surface area (Å²) in [7, 11) is 0. The molecule has 0 spiro atoms. The van der Waals surface area contributed by atoms with Gasteiger partial charge in [0.15, 0.2) is 0 Å². The van der Waals surface area contributed by atoms with Crippen LogP contribution in [-0.2, 0) is 4.79 Å². The summed E-state index contributed by atoms with van der Waals surface area (Å²) in [5.41, 5.74) is 1.07. The Morgan fingerprint density at radius 2 is 2.29 bits per heavy atom. The number of carbonyl (C=O) groups is 1. The van der Waals surface area contributed by atoms with Crippen molar-refractivity contribution in [2.75, 3.05) is 0 Å². The Labute approximate surface area is 86.2 Å². The number of aliphatic carboxylic acids is 1. The van der Waals surface area contributed by atoms with E-state index in [4.69, 9.17) is 16.7 Å². The van der Waals surface area contributed by atoms with Gasteiger partial charge in [0.2, 0.25) is 0 Å². The van der Waals surface area contributed by atoms with Crippen LogP contribution in [0.3, 0.4) is 0 Å². The molecule has 1 rings (SSSR count). The first-order valence-electron chi connectivity index (χ1n) is 4.03. The summed E-state index contributed by atoms with van der Waals surface area (Å²) in [5.74, 6) is -1.07. The molecule has 0 aliphatic carbocycles. The van der Waals surface area contributed by atoms with E-state index in [0.717, 1.165) is 5.69 Å². The largest absolute Gasteiger partial charge is 0.481 e. The zero-order chi connectivity index (χ0) is 10.7. The fourth-order valence-electron chi connectivity index (χ4n) is 1.06. The van der Waals surface area contributed by atoms with Gasteiger partial charge in [0.25, 0.3) is 0 Å². The van der Waals surface area contributed by atoms with Gasteiger partial charge in [-0.3, -0.25) is 4.79 Å². The molecule has 4 nitrogen and oxygen atoms in total. The van der Waals surface area contributed by atoms with Gasteiger partial charge in [-0.15, -0.1) is 0 Å². The molecule has 2 N–H and O–H groups in total. The molecule has 0 unspecified atom stereocenters. The molecule has 0 aromatic carbocycles. The molecule has 0 amide bonds. The van der Waals surface area contributed by atoms with E-state index in [1.165, 1.54) is 0 Å². The van der Waals surface area contributed by atoms with Crippen LogP contribution < -0.4 is 0 Å². The third kappa shape index (κ3) is 2.68. The molecule has 5 heteroatoms. The fraction of sp³-hybridized carbons (Fsp3) is 0.333. The number of halogens is 1. The van der Waals surface area contributed by atoms with Crippen molar-refractivity contribution in [2.24, 2.45) is 0 Å². The Bertz CT molecular complexity index is 354. The predicted octanol–water partition coefficient (Wildman–Crippen LogP) is 1.55. The number of rotatable bonds is 3. The highest BCUT2D eigenvalue weighted by molar-refractivity contribution is 6.30. The van der Waals surface area contributed by atoms with Crippen LogP contribution in [0.5, 0.6) is 0 Å². The summed E-state index contributed by atoms with van der Waals surface area (Å²) in [4.78, 5) is 14.3. The Balaban J connectivity index is 2.90. The van der Waals surface area contributed by atoms with Gasteiger partial charge in [0.05, 0.1) is 12.5 Å². The van der Waals surface area contributed by atoms with Crippen molar-refractivity contribution in [1.29, 1.82) is 0 Å². The SMILES string of the molecule is Cc1ccc([C@@H](O)CC(=O)O)c(Cl)n1. The molecule has 1 atom stereocenters.